The highest BCUT2D eigenvalue weighted by molar-refractivity contribution is 5.70. The molecule has 0 aromatic carbocycles. The molecule has 0 radical (unpaired) electrons. The minimum Gasteiger partial charge on any atom is -0.445 e. The quantitative estimate of drug-likeness (QED) is 0.895. The van der Waals surface area contributed by atoms with Gasteiger partial charge in [-0.05, 0) is 20.8 Å². The number of carbonyl (C=O) groups excluding carboxylic acids is 2. The van der Waals surface area contributed by atoms with E-state index in [1.807, 2.05) is 20.8 Å². The molecule has 7 nitrogen and oxygen atoms in total. The molecule has 1 fully saturated rings. The Morgan fingerprint density at radius 3 is 2.60 bits per heavy atom. The minimum absolute atomic E-state index is 0.00885. The van der Waals surface area contributed by atoms with Gasteiger partial charge in [-0.1, -0.05) is 0 Å². The van der Waals surface area contributed by atoms with Gasteiger partial charge in [0.15, 0.2) is 0 Å². The predicted molar refractivity (Wildman–Crippen MR) is 70.3 cm³/mol. The summed E-state index contributed by atoms with van der Waals surface area (Å²) in [6, 6.07) is -0.00885. The van der Waals surface area contributed by atoms with Gasteiger partial charge in [0.1, 0.15) is 18.0 Å². The molecule has 0 atom stereocenters. The summed E-state index contributed by atoms with van der Waals surface area (Å²) in [7, 11) is 0. The molecule has 20 heavy (non-hydrogen) atoms. The Hall–Kier alpha value is -2.05. The van der Waals surface area contributed by atoms with Crippen LogP contribution in [0.4, 0.5) is 9.59 Å². The highest BCUT2D eigenvalue weighted by Crippen LogP contribution is 2.24. The number of hydrogen-bond donors (Lipinski definition) is 1. The second-order valence-electron chi connectivity index (χ2n) is 5.79. The first-order valence-electron chi connectivity index (χ1n) is 6.52. The fourth-order valence-electron chi connectivity index (χ4n) is 1.82. The van der Waals surface area contributed by atoms with Gasteiger partial charge in [0.05, 0.1) is 0 Å². The summed E-state index contributed by atoms with van der Waals surface area (Å²) in [5, 5.41) is 2.74. The van der Waals surface area contributed by atoms with Gasteiger partial charge in [-0.2, -0.15) is 0 Å². The van der Waals surface area contributed by atoms with Gasteiger partial charge in [-0.25, -0.2) is 19.1 Å². The van der Waals surface area contributed by atoms with Crippen LogP contribution in [0.25, 0.3) is 0 Å². The number of aromatic nitrogens is 2. The van der Waals surface area contributed by atoms with E-state index in [1.165, 1.54) is 23.3 Å². The van der Waals surface area contributed by atoms with Crippen LogP contribution in [0.3, 0.4) is 0 Å². The van der Waals surface area contributed by atoms with E-state index in [0.29, 0.717) is 12.8 Å². The van der Waals surface area contributed by atoms with E-state index in [-0.39, 0.29) is 12.1 Å². The number of nitrogens with zero attached hydrogens (tertiary/aromatic N) is 2. The van der Waals surface area contributed by atoms with Crippen LogP contribution in [0, 0.1) is 0 Å². The van der Waals surface area contributed by atoms with Crippen molar-refractivity contribution >= 4 is 12.2 Å². The molecule has 7 heteroatoms. The molecule has 1 aromatic rings. The van der Waals surface area contributed by atoms with Crippen molar-refractivity contribution in [1.82, 2.24) is 14.9 Å². The average Bonchev–Trinajstić information content (AvgIpc) is 2.76. The monoisotopic (exact) mass is 281 g/mol. The smallest absolute Gasteiger partial charge is 0.419 e. The van der Waals surface area contributed by atoms with Crippen molar-refractivity contribution in [2.75, 3.05) is 0 Å². The molecule has 0 aliphatic heterocycles. The van der Waals surface area contributed by atoms with E-state index in [1.54, 1.807) is 0 Å². The fourth-order valence-corrected chi connectivity index (χ4v) is 1.82. The van der Waals surface area contributed by atoms with Crippen LogP contribution >= 0.6 is 0 Å². The summed E-state index contributed by atoms with van der Waals surface area (Å²) in [6.45, 7) is 5.43. The van der Waals surface area contributed by atoms with Gasteiger partial charge in [0.25, 0.3) is 0 Å². The van der Waals surface area contributed by atoms with E-state index in [2.05, 4.69) is 10.3 Å². The second kappa shape index (κ2) is 5.52. The Morgan fingerprint density at radius 2 is 2.05 bits per heavy atom. The zero-order valence-electron chi connectivity index (χ0n) is 11.8. The number of imidazole rings is 1. The lowest BCUT2D eigenvalue weighted by Crippen LogP contribution is -2.49. The summed E-state index contributed by atoms with van der Waals surface area (Å²) in [6.07, 6.45) is 4.54. The van der Waals surface area contributed by atoms with Crippen molar-refractivity contribution in [1.29, 1.82) is 0 Å². The summed E-state index contributed by atoms with van der Waals surface area (Å²) >= 11 is 0. The van der Waals surface area contributed by atoms with E-state index >= 15 is 0 Å². The van der Waals surface area contributed by atoms with E-state index in [9.17, 15) is 9.59 Å². The van der Waals surface area contributed by atoms with Crippen molar-refractivity contribution in [3.8, 4) is 0 Å². The Balaban J connectivity index is 1.67. The van der Waals surface area contributed by atoms with E-state index in [0.717, 1.165) is 0 Å². The molecule has 1 amide bonds. The number of carbonyl (C=O) groups is 2. The standard InChI is InChI=1S/C13H19N3O4/c1-13(2,3)20-11(17)15-9-6-10(7-9)19-12(18)16-5-4-14-8-16/h4-5,8-10H,6-7H2,1-3H3,(H,15,17). The number of rotatable bonds is 2. The third-order valence-corrected chi connectivity index (χ3v) is 2.80. The molecule has 1 heterocycles. The number of alkyl carbamates (subject to hydrolysis) is 1. The van der Waals surface area contributed by atoms with Crippen LogP contribution < -0.4 is 5.32 Å². The maximum Gasteiger partial charge on any atom is 0.419 e. The van der Waals surface area contributed by atoms with Gasteiger partial charge in [-0.3, -0.25) is 0 Å². The van der Waals surface area contributed by atoms with E-state index < -0.39 is 17.8 Å². The highest BCUT2D eigenvalue weighted by atomic mass is 16.6. The number of amides is 1. The molecule has 1 saturated carbocycles. The highest BCUT2D eigenvalue weighted by Gasteiger charge is 2.34. The zero-order valence-corrected chi connectivity index (χ0v) is 11.8. The lowest BCUT2D eigenvalue weighted by Gasteiger charge is -2.35. The average molecular weight is 281 g/mol. The van der Waals surface area contributed by atoms with Crippen molar-refractivity contribution in [3.63, 3.8) is 0 Å². The first-order valence-corrected chi connectivity index (χ1v) is 6.52. The third-order valence-electron chi connectivity index (χ3n) is 2.80. The molecule has 1 aliphatic rings. The lowest BCUT2D eigenvalue weighted by molar-refractivity contribution is 0.0192. The number of hydrogen-bond acceptors (Lipinski definition) is 5. The summed E-state index contributed by atoms with van der Waals surface area (Å²) < 4.78 is 11.7. The zero-order chi connectivity index (χ0) is 14.8. The third kappa shape index (κ3) is 3.97. The second-order valence-corrected chi connectivity index (χ2v) is 5.79. The van der Waals surface area contributed by atoms with Crippen LogP contribution in [0.5, 0.6) is 0 Å². The van der Waals surface area contributed by atoms with Gasteiger partial charge in [0.2, 0.25) is 0 Å². The summed E-state index contributed by atoms with van der Waals surface area (Å²) in [5.74, 6) is 0. The topological polar surface area (TPSA) is 82.5 Å². The van der Waals surface area contributed by atoms with Crippen molar-refractivity contribution in [2.24, 2.45) is 0 Å². The first kappa shape index (κ1) is 14.4. The molecule has 0 bridgehead atoms. The van der Waals surface area contributed by atoms with Crippen molar-refractivity contribution < 1.29 is 19.1 Å². The largest absolute Gasteiger partial charge is 0.445 e. The molecule has 1 aromatic heterocycles. The molecule has 0 unspecified atom stereocenters. The van der Waals surface area contributed by atoms with Crippen LogP contribution in [-0.4, -0.2) is 39.5 Å². The SMILES string of the molecule is CC(C)(C)OC(=O)NC1CC(OC(=O)n2ccnc2)C1. The van der Waals surface area contributed by atoms with Crippen LogP contribution in [0.1, 0.15) is 33.6 Å². The Labute approximate surface area is 117 Å². The maximum absolute atomic E-state index is 11.6. The molecule has 0 spiro atoms. The number of ether oxygens (including phenoxy) is 2. The molecule has 110 valence electrons. The van der Waals surface area contributed by atoms with Gasteiger partial charge in [0, 0.05) is 31.3 Å². The van der Waals surface area contributed by atoms with Crippen LogP contribution in [0.15, 0.2) is 18.7 Å². The van der Waals surface area contributed by atoms with Crippen molar-refractivity contribution in [2.45, 2.75) is 51.4 Å². The molecule has 0 saturated heterocycles. The van der Waals surface area contributed by atoms with Gasteiger partial charge < -0.3 is 14.8 Å². The fraction of sp³-hybridized carbons (Fsp3) is 0.615. The normalized spacial score (nSPS) is 21.8. The minimum atomic E-state index is -0.513. The Kier molecular flexibility index (Phi) is 3.96. The van der Waals surface area contributed by atoms with E-state index in [4.69, 9.17) is 9.47 Å². The summed E-state index contributed by atoms with van der Waals surface area (Å²) in [4.78, 5) is 26.9. The Morgan fingerprint density at radius 1 is 1.35 bits per heavy atom. The molecule has 1 aliphatic carbocycles. The first-order chi connectivity index (χ1) is 9.33. The predicted octanol–water partition coefficient (Wildman–Crippen LogP) is 1.92. The molecule has 2 rings (SSSR count). The molecular formula is C13H19N3O4. The maximum atomic E-state index is 11.6. The van der Waals surface area contributed by atoms with Crippen LogP contribution in [0.2, 0.25) is 0 Å². The summed E-state index contributed by atoms with van der Waals surface area (Å²) in [5.41, 5.74) is -0.513. The molecule has 1 N–H and O–H groups in total. The van der Waals surface area contributed by atoms with Gasteiger partial charge >= 0.3 is 12.2 Å². The molecular weight excluding hydrogens is 262 g/mol. The lowest BCUT2D eigenvalue weighted by atomic mass is 9.89. The van der Waals surface area contributed by atoms with Crippen molar-refractivity contribution in [3.05, 3.63) is 18.7 Å². The van der Waals surface area contributed by atoms with Gasteiger partial charge in [-0.15, -0.1) is 0 Å². The number of nitrogens with one attached hydrogen (secondary N) is 1. The van der Waals surface area contributed by atoms with Crippen LogP contribution in [-0.2, 0) is 9.47 Å². The Bertz CT molecular complexity index is 472.